The molecule has 0 bridgehead atoms. The monoisotopic (exact) mass is 317 g/mol. The predicted molar refractivity (Wildman–Crippen MR) is 103 cm³/mol. The topological polar surface area (TPSA) is 3.24 Å². The Morgan fingerprint density at radius 1 is 0.875 bits per heavy atom. The summed E-state index contributed by atoms with van der Waals surface area (Å²) in [7, 11) is 4.37. The molecule has 2 aromatic rings. The minimum absolute atomic E-state index is 0.824. The molecule has 1 atom stereocenters. The SMILES string of the molecule is CN(C)CCC1CCC2=C(C1)c1ccccc1Cc1ccccc12. The van der Waals surface area contributed by atoms with E-state index < -0.39 is 0 Å². The molecule has 0 heterocycles. The first-order valence-electron chi connectivity index (χ1n) is 9.25. The lowest BCUT2D eigenvalue weighted by Crippen LogP contribution is -2.19. The molecule has 24 heavy (non-hydrogen) atoms. The summed E-state index contributed by atoms with van der Waals surface area (Å²) in [4.78, 5) is 2.32. The Bertz CT molecular complexity index is 769. The zero-order chi connectivity index (χ0) is 16.5. The van der Waals surface area contributed by atoms with E-state index in [1.807, 2.05) is 0 Å². The van der Waals surface area contributed by atoms with Crippen LogP contribution in [-0.4, -0.2) is 25.5 Å². The van der Waals surface area contributed by atoms with Gasteiger partial charge in [0.15, 0.2) is 0 Å². The summed E-state index contributed by atoms with van der Waals surface area (Å²) < 4.78 is 0. The van der Waals surface area contributed by atoms with Crippen LogP contribution < -0.4 is 0 Å². The van der Waals surface area contributed by atoms with Crippen LogP contribution in [-0.2, 0) is 6.42 Å². The van der Waals surface area contributed by atoms with Crippen LogP contribution in [0.5, 0.6) is 0 Å². The lowest BCUT2D eigenvalue weighted by molar-refractivity contribution is 0.340. The zero-order valence-electron chi connectivity index (χ0n) is 14.9. The first-order chi connectivity index (χ1) is 11.7. The van der Waals surface area contributed by atoms with Gasteiger partial charge < -0.3 is 4.90 Å². The zero-order valence-corrected chi connectivity index (χ0v) is 14.9. The van der Waals surface area contributed by atoms with Gasteiger partial charge in [0.1, 0.15) is 0 Å². The van der Waals surface area contributed by atoms with Crippen LogP contribution in [0.2, 0.25) is 0 Å². The maximum absolute atomic E-state index is 2.35. The molecule has 124 valence electrons. The quantitative estimate of drug-likeness (QED) is 0.747. The fourth-order valence-corrected chi connectivity index (χ4v) is 4.41. The van der Waals surface area contributed by atoms with E-state index >= 15 is 0 Å². The van der Waals surface area contributed by atoms with Crippen molar-refractivity contribution < 1.29 is 0 Å². The van der Waals surface area contributed by atoms with Gasteiger partial charge in [-0.25, -0.2) is 0 Å². The van der Waals surface area contributed by atoms with Gasteiger partial charge in [0.2, 0.25) is 0 Å². The number of allylic oxidation sites excluding steroid dienone is 2. The molecule has 2 aromatic carbocycles. The van der Waals surface area contributed by atoms with Crippen molar-refractivity contribution in [3.05, 3.63) is 70.8 Å². The smallest absolute Gasteiger partial charge is 0.00137 e. The van der Waals surface area contributed by atoms with Gasteiger partial charge in [0, 0.05) is 0 Å². The second-order valence-corrected chi connectivity index (χ2v) is 7.65. The average molecular weight is 317 g/mol. The summed E-state index contributed by atoms with van der Waals surface area (Å²) in [5, 5.41) is 0. The fourth-order valence-electron chi connectivity index (χ4n) is 4.41. The number of benzene rings is 2. The third kappa shape index (κ3) is 2.93. The number of hydrogen-bond donors (Lipinski definition) is 0. The van der Waals surface area contributed by atoms with Gasteiger partial charge >= 0.3 is 0 Å². The van der Waals surface area contributed by atoms with Crippen LogP contribution in [0.25, 0.3) is 11.1 Å². The van der Waals surface area contributed by atoms with Crippen LogP contribution in [0.3, 0.4) is 0 Å². The third-order valence-electron chi connectivity index (χ3n) is 5.71. The minimum atomic E-state index is 0.824. The van der Waals surface area contributed by atoms with Gasteiger partial charge in [-0.15, -0.1) is 0 Å². The van der Waals surface area contributed by atoms with E-state index in [2.05, 4.69) is 67.5 Å². The molecule has 0 saturated heterocycles. The predicted octanol–water partition coefficient (Wildman–Crippen LogP) is 5.25. The Hall–Kier alpha value is -1.86. The fraction of sp³-hybridized carbons (Fsp3) is 0.391. The van der Waals surface area contributed by atoms with Crippen molar-refractivity contribution in [2.24, 2.45) is 5.92 Å². The molecule has 0 aliphatic heterocycles. The molecule has 0 N–H and O–H groups in total. The third-order valence-corrected chi connectivity index (χ3v) is 5.71. The van der Waals surface area contributed by atoms with Gasteiger partial charge in [-0.2, -0.15) is 0 Å². The van der Waals surface area contributed by atoms with Crippen LogP contribution in [0.1, 0.15) is 47.9 Å². The van der Waals surface area contributed by atoms with Crippen molar-refractivity contribution in [1.82, 2.24) is 4.90 Å². The van der Waals surface area contributed by atoms with Crippen molar-refractivity contribution in [3.8, 4) is 0 Å². The first kappa shape index (κ1) is 15.7. The molecular weight excluding hydrogens is 290 g/mol. The van der Waals surface area contributed by atoms with Crippen LogP contribution in [0, 0.1) is 5.92 Å². The van der Waals surface area contributed by atoms with Crippen LogP contribution in [0.4, 0.5) is 0 Å². The summed E-state index contributed by atoms with van der Waals surface area (Å²) in [5.74, 6) is 0.824. The highest BCUT2D eigenvalue weighted by molar-refractivity contribution is 5.94. The van der Waals surface area contributed by atoms with E-state index in [-0.39, 0.29) is 0 Å². The first-order valence-corrected chi connectivity index (χ1v) is 9.25. The van der Waals surface area contributed by atoms with Crippen molar-refractivity contribution >= 4 is 11.1 Å². The highest BCUT2D eigenvalue weighted by atomic mass is 15.0. The maximum Gasteiger partial charge on any atom is -0.00137 e. The molecule has 0 aromatic heterocycles. The molecule has 0 fully saturated rings. The van der Waals surface area contributed by atoms with E-state index in [9.17, 15) is 0 Å². The summed E-state index contributed by atoms with van der Waals surface area (Å²) in [5.41, 5.74) is 9.28. The summed E-state index contributed by atoms with van der Waals surface area (Å²) in [6, 6.07) is 18.1. The van der Waals surface area contributed by atoms with Gasteiger partial charge in [0.05, 0.1) is 0 Å². The van der Waals surface area contributed by atoms with Gasteiger partial charge in [0.25, 0.3) is 0 Å². The molecule has 2 aliphatic rings. The van der Waals surface area contributed by atoms with Crippen molar-refractivity contribution in [2.45, 2.75) is 32.1 Å². The van der Waals surface area contributed by atoms with E-state index in [1.54, 1.807) is 11.1 Å². The Kier molecular flexibility index (Phi) is 4.28. The van der Waals surface area contributed by atoms with E-state index in [0.717, 1.165) is 12.3 Å². The molecule has 4 rings (SSSR count). The van der Waals surface area contributed by atoms with E-state index in [1.165, 1.54) is 54.5 Å². The molecule has 1 nitrogen and oxygen atoms in total. The van der Waals surface area contributed by atoms with Gasteiger partial charge in [-0.1, -0.05) is 48.5 Å². The highest BCUT2D eigenvalue weighted by Gasteiger charge is 2.27. The second-order valence-electron chi connectivity index (χ2n) is 7.65. The van der Waals surface area contributed by atoms with Crippen molar-refractivity contribution in [2.75, 3.05) is 20.6 Å². The second kappa shape index (κ2) is 6.57. The largest absolute Gasteiger partial charge is 0.309 e. The molecule has 0 radical (unpaired) electrons. The van der Waals surface area contributed by atoms with Crippen LogP contribution in [0.15, 0.2) is 48.5 Å². The maximum atomic E-state index is 2.35. The van der Waals surface area contributed by atoms with E-state index in [0.29, 0.717) is 0 Å². The lowest BCUT2D eigenvalue weighted by Gasteiger charge is -2.29. The molecule has 0 saturated carbocycles. The molecule has 2 aliphatic carbocycles. The Morgan fingerprint density at radius 2 is 1.50 bits per heavy atom. The number of fused-ring (bicyclic) bond motifs is 4. The average Bonchev–Trinajstić information content (AvgIpc) is 2.74. The molecule has 1 heteroatoms. The lowest BCUT2D eigenvalue weighted by atomic mass is 9.77. The number of hydrogen-bond acceptors (Lipinski definition) is 1. The van der Waals surface area contributed by atoms with Crippen LogP contribution >= 0.6 is 0 Å². The Morgan fingerprint density at radius 3 is 2.17 bits per heavy atom. The molecular formula is C23H27N. The molecule has 0 spiro atoms. The standard InChI is InChI=1S/C23H27N/c1-24(2)14-13-17-11-12-22-20-9-5-3-7-18(20)16-19-8-4-6-10-21(19)23(22)15-17/h3-10,17H,11-16H2,1-2H3. The van der Waals surface area contributed by atoms with Gasteiger partial charge in [-0.05, 0) is 92.1 Å². The van der Waals surface area contributed by atoms with Gasteiger partial charge in [-0.3, -0.25) is 0 Å². The molecule has 0 amide bonds. The van der Waals surface area contributed by atoms with Crippen molar-refractivity contribution in [1.29, 1.82) is 0 Å². The summed E-state index contributed by atoms with van der Waals surface area (Å²) in [6.07, 6.45) is 6.20. The molecule has 1 unspecified atom stereocenters. The Labute approximate surface area is 146 Å². The number of nitrogens with zero attached hydrogens (tertiary/aromatic N) is 1. The highest BCUT2D eigenvalue weighted by Crippen LogP contribution is 2.45. The Balaban J connectivity index is 1.76. The number of rotatable bonds is 3. The summed E-state index contributed by atoms with van der Waals surface area (Å²) in [6.45, 7) is 1.20. The van der Waals surface area contributed by atoms with Crippen molar-refractivity contribution in [3.63, 3.8) is 0 Å². The minimum Gasteiger partial charge on any atom is -0.309 e. The van der Waals surface area contributed by atoms with E-state index in [4.69, 9.17) is 0 Å². The summed E-state index contributed by atoms with van der Waals surface area (Å²) >= 11 is 0. The normalized spacial score (nSPS) is 19.5.